The van der Waals surface area contributed by atoms with Gasteiger partial charge in [0.25, 0.3) is 0 Å². The zero-order chi connectivity index (χ0) is 9.84. The van der Waals surface area contributed by atoms with Crippen LogP contribution in [0.25, 0.3) is 0 Å². The molecule has 2 N–H and O–H groups in total. The van der Waals surface area contributed by atoms with Gasteiger partial charge in [-0.05, 0) is 25.9 Å². The second-order valence-corrected chi connectivity index (χ2v) is 3.19. The summed E-state index contributed by atoms with van der Waals surface area (Å²) in [5, 5.41) is 17.3. The van der Waals surface area contributed by atoms with E-state index in [-0.39, 0.29) is 6.42 Å². The molecule has 0 amide bonds. The van der Waals surface area contributed by atoms with Crippen LogP contribution in [0.1, 0.15) is 19.3 Å². The number of aliphatic carboxylic acids is 2. The second kappa shape index (κ2) is 4.23. The van der Waals surface area contributed by atoms with Gasteiger partial charge in [-0.2, -0.15) is 0 Å². The fourth-order valence-electron chi connectivity index (χ4n) is 1.59. The third-order valence-electron chi connectivity index (χ3n) is 2.23. The third-order valence-corrected chi connectivity index (χ3v) is 2.23. The molecule has 74 valence electrons. The maximum absolute atomic E-state index is 10.7. The fourth-order valence-corrected chi connectivity index (χ4v) is 1.59. The van der Waals surface area contributed by atoms with Crippen molar-refractivity contribution in [1.29, 1.82) is 0 Å². The summed E-state index contributed by atoms with van der Waals surface area (Å²) in [4.78, 5) is 22.8. The summed E-state index contributed by atoms with van der Waals surface area (Å²) in [6.45, 7) is 1.40. The lowest BCUT2D eigenvalue weighted by Crippen LogP contribution is -2.40. The molecule has 1 rings (SSSR count). The van der Waals surface area contributed by atoms with E-state index < -0.39 is 18.0 Å². The zero-order valence-corrected chi connectivity index (χ0v) is 7.27. The Balaban J connectivity index is 2.55. The highest BCUT2D eigenvalue weighted by Crippen LogP contribution is 2.14. The molecule has 1 aliphatic rings. The van der Waals surface area contributed by atoms with Crippen LogP contribution in [0.3, 0.4) is 0 Å². The number of carboxylic acids is 2. The quantitative estimate of drug-likeness (QED) is 0.648. The van der Waals surface area contributed by atoms with Crippen LogP contribution in [-0.2, 0) is 9.59 Å². The Morgan fingerprint density at radius 1 is 1.23 bits per heavy atom. The van der Waals surface area contributed by atoms with E-state index in [0.29, 0.717) is 13.1 Å². The van der Waals surface area contributed by atoms with Crippen LogP contribution in [0.2, 0.25) is 0 Å². The van der Waals surface area contributed by atoms with Gasteiger partial charge in [-0.15, -0.1) is 0 Å². The zero-order valence-electron chi connectivity index (χ0n) is 7.27. The van der Waals surface area contributed by atoms with Crippen molar-refractivity contribution in [3.63, 3.8) is 0 Å². The highest BCUT2D eigenvalue weighted by Gasteiger charge is 2.29. The molecule has 0 aliphatic carbocycles. The summed E-state index contributed by atoms with van der Waals surface area (Å²) < 4.78 is 0. The molecule has 0 aromatic rings. The standard InChI is InChI=1S/C8H13NO4/c10-7(11)5-6(8(12)13)9-3-1-2-4-9/h6H,1-5H2,(H,10,11)(H,12,13). The monoisotopic (exact) mass is 187 g/mol. The Labute approximate surface area is 76.0 Å². The van der Waals surface area contributed by atoms with Crippen LogP contribution in [0.4, 0.5) is 0 Å². The van der Waals surface area contributed by atoms with Crippen molar-refractivity contribution in [3.05, 3.63) is 0 Å². The van der Waals surface area contributed by atoms with E-state index in [0.717, 1.165) is 12.8 Å². The van der Waals surface area contributed by atoms with Crippen LogP contribution in [0, 0.1) is 0 Å². The highest BCUT2D eigenvalue weighted by molar-refractivity contribution is 5.80. The minimum Gasteiger partial charge on any atom is -0.481 e. The van der Waals surface area contributed by atoms with Gasteiger partial charge in [0.2, 0.25) is 0 Å². The first kappa shape index (κ1) is 9.98. The summed E-state index contributed by atoms with van der Waals surface area (Å²) in [6, 6.07) is -0.847. The lowest BCUT2D eigenvalue weighted by molar-refractivity contribution is -0.149. The second-order valence-electron chi connectivity index (χ2n) is 3.19. The molecule has 1 saturated heterocycles. The number of nitrogens with zero attached hydrogens (tertiary/aromatic N) is 1. The number of likely N-dealkylation sites (tertiary alicyclic amines) is 1. The van der Waals surface area contributed by atoms with Crippen LogP contribution in [-0.4, -0.2) is 46.2 Å². The van der Waals surface area contributed by atoms with Gasteiger partial charge in [0, 0.05) is 0 Å². The number of carboxylic acid groups (broad SMARTS) is 2. The number of rotatable bonds is 4. The average Bonchev–Trinajstić information content (AvgIpc) is 2.50. The summed E-state index contributed by atoms with van der Waals surface area (Å²) in [5.74, 6) is -2.09. The van der Waals surface area contributed by atoms with Crippen LogP contribution < -0.4 is 0 Å². The van der Waals surface area contributed by atoms with E-state index in [4.69, 9.17) is 10.2 Å². The SMILES string of the molecule is O=C(O)CC(C(=O)O)N1CCCC1. The Morgan fingerprint density at radius 2 is 1.77 bits per heavy atom. The Morgan fingerprint density at radius 3 is 2.15 bits per heavy atom. The summed E-state index contributed by atoms with van der Waals surface area (Å²) in [7, 11) is 0. The van der Waals surface area contributed by atoms with E-state index in [1.165, 1.54) is 0 Å². The van der Waals surface area contributed by atoms with Gasteiger partial charge in [0.05, 0.1) is 6.42 Å². The average molecular weight is 187 g/mol. The lowest BCUT2D eigenvalue weighted by Gasteiger charge is -2.21. The first-order valence-corrected chi connectivity index (χ1v) is 4.30. The Bertz CT molecular complexity index is 210. The van der Waals surface area contributed by atoms with Crippen molar-refractivity contribution in [2.75, 3.05) is 13.1 Å². The molecule has 0 spiro atoms. The molecule has 0 saturated carbocycles. The molecule has 0 bridgehead atoms. The predicted molar refractivity (Wildman–Crippen MR) is 44.5 cm³/mol. The molecule has 1 aliphatic heterocycles. The summed E-state index contributed by atoms with van der Waals surface area (Å²) >= 11 is 0. The largest absolute Gasteiger partial charge is 0.481 e. The van der Waals surface area contributed by atoms with Crippen LogP contribution in [0.15, 0.2) is 0 Å². The third kappa shape index (κ3) is 2.69. The van der Waals surface area contributed by atoms with Gasteiger partial charge in [-0.1, -0.05) is 0 Å². The van der Waals surface area contributed by atoms with Crippen molar-refractivity contribution >= 4 is 11.9 Å². The first-order chi connectivity index (χ1) is 6.11. The summed E-state index contributed by atoms with van der Waals surface area (Å²) in [5.41, 5.74) is 0. The molecule has 0 aromatic heterocycles. The fraction of sp³-hybridized carbons (Fsp3) is 0.750. The minimum atomic E-state index is -1.06. The molecule has 5 nitrogen and oxygen atoms in total. The van der Waals surface area contributed by atoms with Crippen molar-refractivity contribution in [2.45, 2.75) is 25.3 Å². The van der Waals surface area contributed by atoms with Crippen molar-refractivity contribution < 1.29 is 19.8 Å². The van der Waals surface area contributed by atoms with Gasteiger partial charge < -0.3 is 10.2 Å². The number of carbonyl (C=O) groups is 2. The van der Waals surface area contributed by atoms with E-state index in [2.05, 4.69) is 0 Å². The van der Waals surface area contributed by atoms with Gasteiger partial charge in [0.15, 0.2) is 0 Å². The minimum absolute atomic E-state index is 0.310. The van der Waals surface area contributed by atoms with Gasteiger partial charge in [0.1, 0.15) is 6.04 Å². The Kier molecular flexibility index (Phi) is 3.25. The normalized spacial score (nSPS) is 20.0. The van der Waals surface area contributed by atoms with Gasteiger partial charge in [-0.3, -0.25) is 14.5 Å². The molecular formula is C8H13NO4. The maximum Gasteiger partial charge on any atom is 0.321 e. The first-order valence-electron chi connectivity index (χ1n) is 4.30. The van der Waals surface area contributed by atoms with Crippen LogP contribution >= 0.6 is 0 Å². The molecule has 1 fully saturated rings. The number of hydrogen-bond donors (Lipinski definition) is 2. The van der Waals surface area contributed by atoms with Gasteiger partial charge >= 0.3 is 11.9 Å². The van der Waals surface area contributed by atoms with Crippen molar-refractivity contribution in [1.82, 2.24) is 4.90 Å². The summed E-state index contributed by atoms with van der Waals surface area (Å²) in [6.07, 6.45) is 1.61. The van der Waals surface area contributed by atoms with E-state index in [9.17, 15) is 9.59 Å². The maximum atomic E-state index is 10.7. The van der Waals surface area contributed by atoms with Gasteiger partial charge in [-0.25, -0.2) is 0 Å². The molecule has 1 atom stereocenters. The van der Waals surface area contributed by atoms with Crippen molar-refractivity contribution in [3.8, 4) is 0 Å². The topological polar surface area (TPSA) is 77.8 Å². The molecular weight excluding hydrogens is 174 g/mol. The molecule has 0 aromatic carbocycles. The predicted octanol–water partition coefficient (Wildman–Crippen LogP) is 0.0101. The Hall–Kier alpha value is -1.10. The molecule has 13 heavy (non-hydrogen) atoms. The van der Waals surface area contributed by atoms with Crippen LogP contribution in [0.5, 0.6) is 0 Å². The molecule has 1 heterocycles. The van der Waals surface area contributed by atoms with E-state index in [1.807, 2.05) is 0 Å². The lowest BCUT2D eigenvalue weighted by atomic mass is 10.2. The van der Waals surface area contributed by atoms with E-state index in [1.54, 1.807) is 4.90 Å². The number of hydrogen-bond acceptors (Lipinski definition) is 3. The smallest absolute Gasteiger partial charge is 0.321 e. The molecule has 5 heteroatoms. The molecule has 0 radical (unpaired) electrons. The molecule has 1 unspecified atom stereocenters. The van der Waals surface area contributed by atoms with E-state index >= 15 is 0 Å². The van der Waals surface area contributed by atoms with Crippen molar-refractivity contribution in [2.24, 2.45) is 0 Å². The highest BCUT2D eigenvalue weighted by atomic mass is 16.4.